The van der Waals surface area contributed by atoms with E-state index in [-0.39, 0.29) is 11.5 Å². The Kier molecular flexibility index (Phi) is 5.06. The standard InChI is InChI=1S/C13H24F3NO/c1-12(2,3)9-6-4-5-7-10(9)17-8-11(18)13(14,15)16/h9-11,17-18H,4-8H2,1-3H3. The Morgan fingerprint density at radius 2 is 1.72 bits per heavy atom. The fourth-order valence-corrected chi connectivity index (χ4v) is 2.79. The Labute approximate surface area is 107 Å². The minimum absolute atomic E-state index is 0.0794. The van der Waals surface area contributed by atoms with Gasteiger partial charge in [0.25, 0.3) is 0 Å². The molecule has 0 aromatic carbocycles. The van der Waals surface area contributed by atoms with Gasteiger partial charge in [0.05, 0.1) is 0 Å². The first-order valence-corrected chi connectivity index (χ1v) is 6.60. The van der Waals surface area contributed by atoms with Crippen LogP contribution >= 0.6 is 0 Å². The summed E-state index contributed by atoms with van der Waals surface area (Å²) in [6.07, 6.45) is -2.66. The summed E-state index contributed by atoms with van der Waals surface area (Å²) in [5.41, 5.74) is 0.0846. The molecule has 2 nitrogen and oxygen atoms in total. The Bertz CT molecular complexity index is 260. The average Bonchev–Trinajstić information content (AvgIpc) is 2.23. The van der Waals surface area contributed by atoms with Gasteiger partial charge >= 0.3 is 6.18 Å². The van der Waals surface area contributed by atoms with E-state index in [2.05, 4.69) is 26.1 Å². The summed E-state index contributed by atoms with van der Waals surface area (Å²) in [6.45, 7) is 5.97. The second-order valence-electron chi connectivity index (χ2n) is 6.33. The third-order valence-electron chi connectivity index (χ3n) is 3.83. The molecule has 5 heteroatoms. The third kappa shape index (κ3) is 4.43. The van der Waals surface area contributed by atoms with Crippen LogP contribution in [-0.4, -0.2) is 30.0 Å². The molecule has 0 aromatic rings. The van der Waals surface area contributed by atoms with Gasteiger partial charge in [-0.05, 0) is 24.2 Å². The second-order valence-corrected chi connectivity index (χ2v) is 6.33. The van der Waals surface area contributed by atoms with Crippen molar-refractivity contribution in [1.29, 1.82) is 0 Å². The van der Waals surface area contributed by atoms with E-state index >= 15 is 0 Å². The SMILES string of the molecule is CC(C)(C)C1CCCCC1NCC(O)C(F)(F)F. The molecule has 0 saturated heterocycles. The maximum absolute atomic E-state index is 12.2. The molecule has 1 fully saturated rings. The van der Waals surface area contributed by atoms with Crippen molar-refractivity contribution in [2.75, 3.05) is 6.54 Å². The largest absolute Gasteiger partial charge is 0.415 e. The Hall–Kier alpha value is -0.290. The number of aliphatic hydroxyl groups excluding tert-OH is 1. The molecule has 1 aliphatic carbocycles. The number of hydrogen-bond donors (Lipinski definition) is 2. The van der Waals surface area contributed by atoms with Crippen molar-refractivity contribution in [1.82, 2.24) is 5.32 Å². The monoisotopic (exact) mass is 267 g/mol. The van der Waals surface area contributed by atoms with E-state index in [1.54, 1.807) is 0 Å². The smallest absolute Gasteiger partial charge is 0.382 e. The topological polar surface area (TPSA) is 32.3 Å². The maximum Gasteiger partial charge on any atom is 0.415 e. The van der Waals surface area contributed by atoms with E-state index in [9.17, 15) is 13.2 Å². The van der Waals surface area contributed by atoms with Gasteiger partial charge in [-0.3, -0.25) is 0 Å². The summed E-state index contributed by atoms with van der Waals surface area (Å²) < 4.78 is 36.7. The van der Waals surface area contributed by atoms with Gasteiger partial charge < -0.3 is 10.4 Å². The molecule has 0 heterocycles. The van der Waals surface area contributed by atoms with Gasteiger partial charge in [0.15, 0.2) is 6.10 Å². The summed E-state index contributed by atoms with van der Waals surface area (Å²) in [4.78, 5) is 0. The Morgan fingerprint density at radius 1 is 1.17 bits per heavy atom. The number of halogens is 3. The summed E-state index contributed by atoms with van der Waals surface area (Å²) in [7, 11) is 0. The van der Waals surface area contributed by atoms with Crippen LogP contribution in [0.25, 0.3) is 0 Å². The summed E-state index contributed by atoms with van der Waals surface area (Å²) in [5.74, 6) is 0.367. The minimum Gasteiger partial charge on any atom is -0.382 e. The number of nitrogens with one attached hydrogen (secondary N) is 1. The van der Waals surface area contributed by atoms with E-state index in [0.29, 0.717) is 5.92 Å². The van der Waals surface area contributed by atoms with Crippen LogP contribution in [0.5, 0.6) is 0 Å². The van der Waals surface area contributed by atoms with Crippen LogP contribution in [0.2, 0.25) is 0 Å². The Balaban J connectivity index is 2.53. The lowest BCUT2D eigenvalue weighted by molar-refractivity contribution is -0.202. The maximum atomic E-state index is 12.2. The van der Waals surface area contributed by atoms with Crippen LogP contribution in [-0.2, 0) is 0 Å². The highest BCUT2D eigenvalue weighted by molar-refractivity contribution is 4.89. The van der Waals surface area contributed by atoms with Gasteiger partial charge in [0.1, 0.15) is 0 Å². The molecule has 0 amide bonds. The van der Waals surface area contributed by atoms with Gasteiger partial charge in [-0.25, -0.2) is 0 Å². The van der Waals surface area contributed by atoms with Crippen molar-refractivity contribution in [2.24, 2.45) is 11.3 Å². The number of hydrogen-bond acceptors (Lipinski definition) is 2. The van der Waals surface area contributed by atoms with Gasteiger partial charge in [-0.15, -0.1) is 0 Å². The highest BCUT2D eigenvalue weighted by atomic mass is 19.4. The molecular formula is C13H24F3NO. The molecule has 108 valence electrons. The number of aliphatic hydroxyl groups is 1. The lowest BCUT2D eigenvalue weighted by atomic mass is 9.69. The van der Waals surface area contributed by atoms with Crippen LogP contribution in [0.3, 0.4) is 0 Å². The average molecular weight is 267 g/mol. The normalized spacial score (nSPS) is 28.2. The van der Waals surface area contributed by atoms with Gasteiger partial charge in [-0.1, -0.05) is 33.6 Å². The fourth-order valence-electron chi connectivity index (χ4n) is 2.79. The van der Waals surface area contributed by atoms with Gasteiger partial charge in [0, 0.05) is 12.6 Å². The third-order valence-corrected chi connectivity index (χ3v) is 3.83. The zero-order valence-corrected chi connectivity index (χ0v) is 11.3. The minimum atomic E-state index is -4.53. The van der Waals surface area contributed by atoms with Crippen LogP contribution in [0.1, 0.15) is 46.5 Å². The van der Waals surface area contributed by atoms with Crippen molar-refractivity contribution in [3.05, 3.63) is 0 Å². The molecule has 3 atom stereocenters. The first-order valence-electron chi connectivity index (χ1n) is 6.60. The summed E-state index contributed by atoms with van der Waals surface area (Å²) in [6, 6.07) is 0.0794. The molecule has 1 saturated carbocycles. The lowest BCUT2D eigenvalue weighted by Crippen LogP contribution is -2.49. The molecule has 2 N–H and O–H groups in total. The first kappa shape index (κ1) is 15.8. The summed E-state index contributed by atoms with van der Waals surface area (Å²) >= 11 is 0. The number of rotatable bonds is 3. The van der Waals surface area contributed by atoms with Crippen LogP contribution < -0.4 is 5.32 Å². The molecule has 0 spiro atoms. The Morgan fingerprint density at radius 3 is 2.22 bits per heavy atom. The quantitative estimate of drug-likeness (QED) is 0.823. The van der Waals surface area contributed by atoms with Crippen molar-refractivity contribution in [2.45, 2.75) is 64.8 Å². The molecule has 0 bridgehead atoms. The van der Waals surface area contributed by atoms with Crippen molar-refractivity contribution < 1.29 is 18.3 Å². The van der Waals surface area contributed by atoms with Crippen molar-refractivity contribution in [3.63, 3.8) is 0 Å². The van der Waals surface area contributed by atoms with Crippen molar-refractivity contribution >= 4 is 0 Å². The second kappa shape index (κ2) is 5.78. The molecule has 0 radical (unpaired) electrons. The van der Waals surface area contributed by atoms with E-state index in [1.165, 1.54) is 0 Å². The van der Waals surface area contributed by atoms with Crippen LogP contribution in [0, 0.1) is 11.3 Å². The molecule has 3 unspecified atom stereocenters. The molecule has 18 heavy (non-hydrogen) atoms. The predicted octanol–water partition coefficient (Wildman–Crippen LogP) is 3.10. The molecule has 1 rings (SSSR count). The van der Waals surface area contributed by atoms with Gasteiger partial charge in [-0.2, -0.15) is 13.2 Å². The van der Waals surface area contributed by atoms with Crippen LogP contribution in [0.4, 0.5) is 13.2 Å². The highest BCUT2D eigenvalue weighted by Gasteiger charge is 2.40. The predicted molar refractivity (Wildman–Crippen MR) is 65.3 cm³/mol. The lowest BCUT2D eigenvalue weighted by Gasteiger charge is -2.41. The zero-order valence-electron chi connectivity index (χ0n) is 11.3. The number of alkyl halides is 3. The van der Waals surface area contributed by atoms with E-state index in [0.717, 1.165) is 25.7 Å². The fraction of sp³-hybridized carbons (Fsp3) is 1.00. The first-order chi connectivity index (χ1) is 8.12. The molecular weight excluding hydrogens is 243 g/mol. The molecule has 0 aromatic heterocycles. The molecule has 0 aliphatic heterocycles. The van der Waals surface area contributed by atoms with Crippen LogP contribution in [0.15, 0.2) is 0 Å². The van der Waals surface area contributed by atoms with E-state index in [1.807, 2.05) is 0 Å². The van der Waals surface area contributed by atoms with E-state index in [4.69, 9.17) is 5.11 Å². The summed E-state index contributed by atoms with van der Waals surface area (Å²) in [5, 5.41) is 11.9. The van der Waals surface area contributed by atoms with E-state index < -0.39 is 18.8 Å². The zero-order chi connectivity index (χ0) is 14.0. The van der Waals surface area contributed by atoms with Gasteiger partial charge in [0.2, 0.25) is 0 Å². The highest BCUT2D eigenvalue weighted by Crippen LogP contribution is 2.38. The molecule has 1 aliphatic rings. The van der Waals surface area contributed by atoms with Crippen molar-refractivity contribution in [3.8, 4) is 0 Å².